The number of hydrogen-bond donors (Lipinski definition) is 1. The largest absolute Gasteiger partial charge is 0.492 e. The third kappa shape index (κ3) is 3.21. The van der Waals surface area contributed by atoms with Gasteiger partial charge < -0.3 is 10.5 Å². The molecular weight excluding hydrogens is 270 g/mol. The third-order valence-corrected chi connectivity index (χ3v) is 2.89. The lowest BCUT2D eigenvalue weighted by atomic mass is 10.2. The molecule has 94 valence electrons. The van der Waals surface area contributed by atoms with Gasteiger partial charge in [-0.15, -0.1) is 0 Å². The van der Waals surface area contributed by atoms with Gasteiger partial charge in [0.2, 0.25) is 0 Å². The average molecular weight is 282 g/mol. The number of aromatic nitrogens is 2. The van der Waals surface area contributed by atoms with Crippen LogP contribution in [0, 0.1) is 0 Å². The molecule has 0 spiro atoms. The van der Waals surface area contributed by atoms with Gasteiger partial charge in [-0.05, 0) is 24.3 Å². The molecule has 0 fully saturated rings. The van der Waals surface area contributed by atoms with Gasteiger partial charge in [-0.25, -0.2) is 0 Å². The van der Waals surface area contributed by atoms with Crippen LogP contribution in [0.3, 0.4) is 0 Å². The molecule has 6 heteroatoms. The van der Waals surface area contributed by atoms with Crippen molar-refractivity contribution in [1.29, 1.82) is 0 Å². The lowest BCUT2D eigenvalue weighted by molar-refractivity contribution is 0.291. The van der Waals surface area contributed by atoms with E-state index in [1.807, 2.05) is 12.3 Å². The van der Waals surface area contributed by atoms with Crippen LogP contribution in [0.2, 0.25) is 5.02 Å². The van der Waals surface area contributed by atoms with Crippen LogP contribution in [0.25, 0.3) is 0 Å². The van der Waals surface area contributed by atoms with Crippen molar-refractivity contribution in [2.24, 2.45) is 5.73 Å². The molecule has 4 nitrogen and oxygen atoms in total. The Bertz CT molecular complexity index is 542. The van der Waals surface area contributed by atoms with Gasteiger partial charge in [-0.1, -0.05) is 23.8 Å². The second-order valence-corrected chi connectivity index (χ2v) is 4.47. The highest BCUT2D eigenvalue weighted by Gasteiger charge is 2.04. The van der Waals surface area contributed by atoms with Crippen molar-refractivity contribution in [2.75, 3.05) is 6.61 Å². The molecule has 0 radical (unpaired) electrons. The van der Waals surface area contributed by atoms with Crippen LogP contribution < -0.4 is 10.5 Å². The zero-order valence-corrected chi connectivity index (χ0v) is 11.1. The summed E-state index contributed by atoms with van der Waals surface area (Å²) in [7, 11) is 0. The predicted molar refractivity (Wildman–Crippen MR) is 75.1 cm³/mol. The van der Waals surface area contributed by atoms with Gasteiger partial charge in [0.15, 0.2) is 0 Å². The van der Waals surface area contributed by atoms with Crippen LogP contribution >= 0.6 is 23.8 Å². The second kappa shape index (κ2) is 5.84. The molecule has 18 heavy (non-hydrogen) atoms. The van der Waals surface area contributed by atoms with E-state index in [1.165, 1.54) is 0 Å². The van der Waals surface area contributed by atoms with E-state index in [1.54, 1.807) is 29.1 Å². The first-order chi connectivity index (χ1) is 8.66. The molecule has 0 unspecified atom stereocenters. The molecule has 2 aromatic rings. The summed E-state index contributed by atoms with van der Waals surface area (Å²) in [4.78, 5) is 0.281. The molecule has 0 atom stereocenters. The van der Waals surface area contributed by atoms with Crippen molar-refractivity contribution in [2.45, 2.75) is 6.54 Å². The SMILES string of the molecule is NC(=S)c1ccc(OCCn2cccn2)cc1Cl. The minimum Gasteiger partial charge on any atom is -0.492 e. The lowest BCUT2D eigenvalue weighted by Gasteiger charge is -2.08. The molecule has 0 saturated carbocycles. The topological polar surface area (TPSA) is 53.1 Å². The normalized spacial score (nSPS) is 10.3. The maximum Gasteiger partial charge on any atom is 0.120 e. The number of ether oxygens (including phenoxy) is 1. The Morgan fingerprint density at radius 1 is 1.50 bits per heavy atom. The Morgan fingerprint density at radius 3 is 2.94 bits per heavy atom. The summed E-state index contributed by atoms with van der Waals surface area (Å²) < 4.78 is 7.36. The van der Waals surface area contributed by atoms with Gasteiger partial charge in [0, 0.05) is 18.0 Å². The maximum absolute atomic E-state index is 6.04. The highest BCUT2D eigenvalue weighted by Crippen LogP contribution is 2.22. The Balaban J connectivity index is 1.94. The number of benzene rings is 1. The molecule has 1 heterocycles. The minimum absolute atomic E-state index is 0.281. The zero-order valence-electron chi connectivity index (χ0n) is 9.54. The first-order valence-corrected chi connectivity index (χ1v) is 6.15. The van der Waals surface area contributed by atoms with Crippen LogP contribution in [0.15, 0.2) is 36.7 Å². The van der Waals surface area contributed by atoms with E-state index in [4.69, 9.17) is 34.3 Å². The van der Waals surface area contributed by atoms with Crippen LogP contribution in [0.5, 0.6) is 5.75 Å². The van der Waals surface area contributed by atoms with E-state index in [2.05, 4.69) is 5.10 Å². The Hall–Kier alpha value is -1.59. The third-order valence-electron chi connectivity index (χ3n) is 2.35. The molecule has 0 bridgehead atoms. The maximum atomic E-state index is 6.04. The van der Waals surface area contributed by atoms with Gasteiger partial charge >= 0.3 is 0 Å². The van der Waals surface area contributed by atoms with Crippen LogP contribution in [0.1, 0.15) is 5.56 Å². The number of thiocarbonyl (C=S) groups is 1. The van der Waals surface area contributed by atoms with Gasteiger partial charge in [0.25, 0.3) is 0 Å². The summed E-state index contributed by atoms with van der Waals surface area (Å²) in [5.74, 6) is 0.687. The van der Waals surface area contributed by atoms with Crippen molar-refractivity contribution in [3.05, 3.63) is 47.2 Å². The molecule has 1 aromatic carbocycles. The quantitative estimate of drug-likeness (QED) is 0.854. The molecule has 2 rings (SSSR count). The van der Waals surface area contributed by atoms with E-state index in [0.717, 1.165) is 0 Å². The summed E-state index contributed by atoms with van der Waals surface area (Å²) in [6.45, 7) is 1.20. The molecule has 0 saturated heterocycles. The fourth-order valence-corrected chi connectivity index (χ4v) is 1.98. The van der Waals surface area contributed by atoms with Gasteiger partial charge in [0.1, 0.15) is 17.3 Å². The monoisotopic (exact) mass is 281 g/mol. The molecule has 0 aliphatic rings. The van der Waals surface area contributed by atoms with E-state index in [0.29, 0.717) is 29.5 Å². The number of nitrogens with zero attached hydrogens (tertiary/aromatic N) is 2. The Kier molecular flexibility index (Phi) is 4.17. The molecule has 0 aliphatic carbocycles. The van der Waals surface area contributed by atoms with Crippen molar-refractivity contribution in [3.8, 4) is 5.75 Å². The number of halogens is 1. The van der Waals surface area contributed by atoms with Crippen molar-refractivity contribution in [1.82, 2.24) is 9.78 Å². The fraction of sp³-hybridized carbons (Fsp3) is 0.167. The average Bonchev–Trinajstić information content (AvgIpc) is 2.81. The summed E-state index contributed by atoms with van der Waals surface area (Å²) in [5.41, 5.74) is 6.18. The highest BCUT2D eigenvalue weighted by atomic mass is 35.5. The van der Waals surface area contributed by atoms with E-state index < -0.39 is 0 Å². The van der Waals surface area contributed by atoms with Gasteiger partial charge in [0.05, 0.1) is 11.6 Å². The Morgan fingerprint density at radius 2 is 2.33 bits per heavy atom. The highest BCUT2D eigenvalue weighted by molar-refractivity contribution is 7.80. The molecule has 1 aromatic heterocycles. The molecule has 0 amide bonds. The van der Waals surface area contributed by atoms with Crippen LogP contribution in [-0.2, 0) is 6.54 Å². The first kappa shape index (κ1) is 12.9. The Labute approximate surface area is 115 Å². The molecule has 0 aliphatic heterocycles. The second-order valence-electron chi connectivity index (χ2n) is 3.62. The van der Waals surface area contributed by atoms with Gasteiger partial charge in [-0.3, -0.25) is 4.68 Å². The van der Waals surface area contributed by atoms with Crippen molar-refractivity contribution < 1.29 is 4.74 Å². The standard InChI is InChI=1S/C12H12ClN3OS/c13-11-8-9(2-3-10(11)12(14)18)17-7-6-16-5-1-4-15-16/h1-5,8H,6-7H2,(H2,14,18). The van der Waals surface area contributed by atoms with Crippen molar-refractivity contribution >= 4 is 28.8 Å². The summed E-state index contributed by atoms with van der Waals surface area (Å²) >= 11 is 10.9. The predicted octanol–water partition coefficient (Wildman–Crippen LogP) is 2.25. The smallest absolute Gasteiger partial charge is 0.120 e. The molecular formula is C12H12ClN3OS. The lowest BCUT2D eigenvalue weighted by Crippen LogP contribution is -2.11. The minimum atomic E-state index is 0.281. The van der Waals surface area contributed by atoms with E-state index >= 15 is 0 Å². The first-order valence-electron chi connectivity index (χ1n) is 5.36. The summed E-state index contributed by atoms with van der Waals surface area (Å²) in [6.07, 6.45) is 3.61. The van der Waals surface area contributed by atoms with Crippen molar-refractivity contribution in [3.63, 3.8) is 0 Å². The van der Waals surface area contributed by atoms with E-state index in [-0.39, 0.29) is 4.99 Å². The number of nitrogens with two attached hydrogens (primary N) is 1. The summed E-state index contributed by atoms with van der Waals surface area (Å²) in [5, 5.41) is 4.58. The summed E-state index contributed by atoms with van der Waals surface area (Å²) in [6, 6.07) is 7.13. The zero-order chi connectivity index (χ0) is 13.0. The van der Waals surface area contributed by atoms with Gasteiger partial charge in [-0.2, -0.15) is 5.10 Å². The van der Waals surface area contributed by atoms with Crippen LogP contribution in [0.4, 0.5) is 0 Å². The fourth-order valence-electron chi connectivity index (χ4n) is 1.48. The van der Waals surface area contributed by atoms with E-state index in [9.17, 15) is 0 Å². The molecule has 2 N–H and O–H groups in total. The van der Waals surface area contributed by atoms with Crippen LogP contribution in [-0.4, -0.2) is 21.4 Å². The number of hydrogen-bond acceptors (Lipinski definition) is 3. The number of rotatable bonds is 5.